The highest BCUT2D eigenvalue weighted by atomic mass is 16.3. The van der Waals surface area contributed by atoms with Crippen molar-refractivity contribution in [2.45, 2.75) is 38.8 Å². The summed E-state index contributed by atoms with van der Waals surface area (Å²) in [6.07, 6.45) is 0.962. The number of rotatable bonds is 6. The topological polar surface area (TPSA) is 75.3 Å². The molecule has 1 aromatic carbocycles. The van der Waals surface area contributed by atoms with Gasteiger partial charge in [-0.25, -0.2) is 0 Å². The molecule has 18 heavy (non-hydrogen) atoms. The second-order valence-corrected chi connectivity index (χ2v) is 4.69. The summed E-state index contributed by atoms with van der Waals surface area (Å²) in [6, 6.07) is 7.40. The van der Waals surface area contributed by atoms with E-state index in [0.717, 1.165) is 12.0 Å². The number of hydrogen-bond donors (Lipinski definition) is 3. The van der Waals surface area contributed by atoms with Crippen molar-refractivity contribution in [2.24, 2.45) is 5.73 Å². The Hall–Kier alpha value is -1.39. The highest BCUT2D eigenvalue weighted by Gasteiger charge is 2.11. The van der Waals surface area contributed by atoms with E-state index in [1.807, 2.05) is 19.1 Å². The van der Waals surface area contributed by atoms with Crippen molar-refractivity contribution in [2.75, 3.05) is 6.54 Å². The third kappa shape index (κ3) is 4.85. The zero-order valence-corrected chi connectivity index (χ0v) is 11.0. The normalized spacial score (nSPS) is 14.0. The summed E-state index contributed by atoms with van der Waals surface area (Å²) in [6.45, 7) is 4.20. The summed E-state index contributed by atoms with van der Waals surface area (Å²) in [5.41, 5.74) is 7.23. The molecule has 2 unspecified atom stereocenters. The Bertz CT molecular complexity index is 374. The van der Waals surface area contributed by atoms with Gasteiger partial charge in [0.1, 0.15) is 0 Å². The first-order valence-corrected chi connectivity index (χ1v) is 6.31. The molecule has 0 saturated heterocycles. The van der Waals surface area contributed by atoms with Crippen molar-refractivity contribution in [1.82, 2.24) is 5.32 Å². The van der Waals surface area contributed by atoms with Crippen LogP contribution in [0.25, 0.3) is 0 Å². The number of carbonyl (C=O) groups excluding carboxylic acids is 1. The highest BCUT2D eigenvalue weighted by Crippen LogP contribution is 2.06. The molecule has 1 amide bonds. The second kappa shape index (κ2) is 7.13. The van der Waals surface area contributed by atoms with Crippen molar-refractivity contribution in [3.05, 3.63) is 35.4 Å². The maximum atomic E-state index is 11.9. The van der Waals surface area contributed by atoms with Crippen molar-refractivity contribution in [1.29, 1.82) is 0 Å². The Labute approximate surface area is 108 Å². The number of aliphatic hydroxyl groups excluding tert-OH is 1. The zero-order valence-electron chi connectivity index (χ0n) is 11.0. The Morgan fingerprint density at radius 2 is 1.94 bits per heavy atom. The van der Waals surface area contributed by atoms with Crippen LogP contribution in [0, 0.1) is 0 Å². The van der Waals surface area contributed by atoms with Crippen LogP contribution in [0.5, 0.6) is 0 Å². The van der Waals surface area contributed by atoms with Crippen molar-refractivity contribution >= 4 is 5.91 Å². The largest absolute Gasteiger partial charge is 0.393 e. The van der Waals surface area contributed by atoms with Crippen LogP contribution in [0.3, 0.4) is 0 Å². The maximum Gasteiger partial charge on any atom is 0.251 e. The monoisotopic (exact) mass is 250 g/mol. The molecule has 0 aliphatic heterocycles. The first kappa shape index (κ1) is 14.7. The molecule has 1 aromatic rings. The van der Waals surface area contributed by atoms with E-state index < -0.39 is 6.10 Å². The number of carbonyl (C=O) groups is 1. The molecule has 0 saturated carbocycles. The van der Waals surface area contributed by atoms with E-state index in [1.54, 1.807) is 19.1 Å². The van der Waals surface area contributed by atoms with Crippen LogP contribution in [-0.4, -0.2) is 29.7 Å². The van der Waals surface area contributed by atoms with E-state index in [2.05, 4.69) is 5.32 Å². The molecule has 0 radical (unpaired) electrons. The number of hydrogen-bond acceptors (Lipinski definition) is 3. The molecule has 0 aliphatic carbocycles. The SMILES string of the molecule is CC(O)CC(C)NC(=O)c1ccc(CCN)cc1. The summed E-state index contributed by atoms with van der Waals surface area (Å²) >= 11 is 0. The molecule has 4 N–H and O–H groups in total. The second-order valence-electron chi connectivity index (χ2n) is 4.69. The predicted molar refractivity (Wildman–Crippen MR) is 72.4 cm³/mol. The van der Waals surface area contributed by atoms with Gasteiger partial charge in [0.15, 0.2) is 0 Å². The van der Waals surface area contributed by atoms with Gasteiger partial charge in [-0.1, -0.05) is 12.1 Å². The highest BCUT2D eigenvalue weighted by molar-refractivity contribution is 5.94. The molecule has 0 heterocycles. The Morgan fingerprint density at radius 1 is 1.33 bits per heavy atom. The molecule has 1 rings (SSSR count). The lowest BCUT2D eigenvalue weighted by Gasteiger charge is -2.15. The summed E-state index contributed by atoms with van der Waals surface area (Å²) < 4.78 is 0. The molecular weight excluding hydrogens is 228 g/mol. The third-order valence-electron chi connectivity index (χ3n) is 2.72. The van der Waals surface area contributed by atoms with Crippen molar-refractivity contribution in [3.8, 4) is 0 Å². The minimum atomic E-state index is -0.410. The molecule has 2 atom stereocenters. The summed E-state index contributed by atoms with van der Waals surface area (Å²) in [4.78, 5) is 11.9. The van der Waals surface area contributed by atoms with Gasteiger partial charge in [0, 0.05) is 11.6 Å². The van der Waals surface area contributed by atoms with E-state index in [0.29, 0.717) is 18.5 Å². The molecule has 0 aliphatic rings. The fraction of sp³-hybridized carbons (Fsp3) is 0.500. The molecule has 0 aromatic heterocycles. The van der Waals surface area contributed by atoms with Gasteiger partial charge >= 0.3 is 0 Å². The van der Waals surface area contributed by atoms with Crippen LogP contribution in [0.2, 0.25) is 0 Å². The third-order valence-corrected chi connectivity index (χ3v) is 2.72. The molecule has 0 spiro atoms. The summed E-state index contributed by atoms with van der Waals surface area (Å²) in [7, 11) is 0. The first-order valence-electron chi connectivity index (χ1n) is 6.31. The van der Waals surface area contributed by atoms with Crippen molar-refractivity contribution in [3.63, 3.8) is 0 Å². The van der Waals surface area contributed by atoms with Crippen LogP contribution in [0.1, 0.15) is 36.2 Å². The van der Waals surface area contributed by atoms with Gasteiger partial charge in [-0.05, 0) is 50.9 Å². The van der Waals surface area contributed by atoms with Crippen LogP contribution in [-0.2, 0) is 6.42 Å². The van der Waals surface area contributed by atoms with Crippen LogP contribution in [0.4, 0.5) is 0 Å². The standard InChI is InChI=1S/C14H22N2O2/c1-10(9-11(2)17)16-14(18)13-5-3-12(4-6-13)7-8-15/h3-6,10-11,17H,7-9,15H2,1-2H3,(H,16,18). The first-order chi connectivity index (χ1) is 8.52. The van der Waals surface area contributed by atoms with Crippen LogP contribution < -0.4 is 11.1 Å². The Balaban J connectivity index is 2.56. The predicted octanol–water partition coefficient (Wildman–Crippen LogP) is 1.08. The molecular formula is C14H22N2O2. The number of nitrogens with two attached hydrogens (primary N) is 1. The Morgan fingerprint density at radius 3 is 2.44 bits per heavy atom. The lowest BCUT2D eigenvalue weighted by Crippen LogP contribution is -2.34. The molecule has 0 fully saturated rings. The zero-order chi connectivity index (χ0) is 13.5. The lowest BCUT2D eigenvalue weighted by molar-refractivity contribution is 0.0923. The molecule has 4 heteroatoms. The van der Waals surface area contributed by atoms with E-state index in [4.69, 9.17) is 5.73 Å². The number of nitrogens with one attached hydrogen (secondary N) is 1. The Kier molecular flexibility index (Phi) is 5.82. The fourth-order valence-corrected chi connectivity index (χ4v) is 1.87. The van der Waals surface area contributed by atoms with E-state index in [9.17, 15) is 9.90 Å². The van der Waals surface area contributed by atoms with E-state index in [1.165, 1.54) is 0 Å². The minimum Gasteiger partial charge on any atom is -0.393 e. The minimum absolute atomic E-state index is 0.0405. The molecule has 4 nitrogen and oxygen atoms in total. The molecule has 0 bridgehead atoms. The number of benzene rings is 1. The summed E-state index contributed by atoms with van der Waals surface area (Å²) in [5.74, 6) is -0.109. The fourth-order valence-electron chi connectivity index (χ4n) is 1.87. The number of amides is 1. The van der Waals surface area contributed by atoms with Gasteiger partial charge in [0.25, 0.3) is 5.91 Å². The average Bonchev–Trinajstić information content (AvgIpc) is 2.29. The van der Waals surface area contributed by atoms with Gasteiger partial charge in [0.05, 0.1) is 6.10 Å². The summed E-state index contributed by atoms with van der Waals surface area (Å²) in [5, 5.41) is 12.1. The quantitative estimate of drug-likeness (QED) is 0.707. The molecule has 100 valence electrons. The van der Waals surface area contributed by atoms with E-state index in [-0.39, 0.29) is 11.9 Å². The van der Waals surface area contributed by atoms with Crippen LogP contribution in [0.15, 0.2) is 24.3 Å². The van der Waals surface area contributed by atoms with Crippen molar-refractivity contribution < 1.29 is 9.90 Å². The van der Waals surface area contributed by atoms with Gasteiger partial charge in [0.2, 0.25) is 0 Å². The average molecular weight is 250 g/mol. The van der Waals surface area contributed by atoms with E-state index >= 15 is 0 Å². The number of aliphatic hydroxyl groups is 1. The van der Waals surface area contributed by atoms with Gasteiger partial charge in [-0.2, -0.15) is 0 Å². The van der Waals surface area contributed by atoms with Gasteiger partial charge in [-0.15, -0.1) is 0 Å². The van der Waals surface area contributed by atoms with Gasteiger partial charge < -0.3 is 16.2 Å². The van der Waals surface area contributed by atoms with Crippen LogP contribution >= 0.6 is 0 Å². The smallest absolute Gasteiger partial charge is 0.251 e. The van der Waals surface area contributed by atoms with Gasteiger partial charge in [-0.3, -0.25) is 4.79 Å². The maximum absolute atomic E-state index is 11.9. The lowest BCUT2D eigenvalue weighted by atomic mass is 10.1.